The molecule has 0 aliphatic carbocycles. The summed E-state index contributed by atoms with van der Waals surface area (Å²) in [6.07, 6.45) is -3.70. The van der Waals surface area contributed by atoms with E-state index in [0.29, 0.717) is 11.3 Å². The Morgan fingerprint density at radius 1 is 0.960 bits per heavy atom. The number of aromatic nitrogens is 2. The van der Waals surface area contributed by atoms with Crippen LogP contribution in [0, 0.1) is 0 Å². The van der Waals surface area contributed by atoms with E-state index in [1.165, 1.54) is 28.8 Å². The molecular formula is C16H12F3N3O2S. The first-order valence-electron chi connectivity index (χ1n) is 7.01. The van der Waals surface area contributed by atoms with Gasteiger partial charge in [-0.2, -0.15) is 13.2 Å². The van der Waals surface area contributed by atoms with Crippen LogP contribution in [0.4, 0.5) is 13.2 Å². The Morgan fingerprint density at radius 3 is 2.08 bits per heavy atom. The first-order valence-corrected chi connectivity index (χ1v) is 8.56. The van der Waals surface area contributed by atoms with Crippen molar-refractivity contribution in [3.8, 4) is 17.1 Å². The van der Waals surface area contributed by atoms with Crippen molar-refractivity contribution < 1.29 is 21.6 Å². The second kappa shape index (κ2) is 6.01. The van der Waals surface area contributed by atoms with Crippen molar-refractivity contribution >= 4 is 10.0 Å². The van der Waals surface area contributed by atoms with Crippen LogP contribution in [0.3, 0.4) is 0 Å². The summed E-state index contributed by atoms with van der Waals surface area (Å²) in [4.78, 5) is 3.54. The van der Waals surface area contributed by atoms with Crippen LogP contribution in [0.25, 0.3) is 17.1 Å². The lowest BCUT2D eigenvalue weighted by Gasteiger charge is -2.08. The molecule has 2 aromatic carbocycles. The molecule has 0 fully saturated rings. The summed E-state index contributed by atoms with van der Waals surface area (Å²) in [6, 6.07) is 13.6. The number of nitrogens with two attached hydrogens (primary N) is 1. The molecule has 0 bridgehead atoms. The molecule has 3 rings (SSSR count). The normalized spacial score (nSPS) is 12.3. The van der Waals surface area contributed by atoms with E-state index < -0.39 is 21.9 Å². The molecule has 25 heavy (non-hydrogen) atoms. The molecule has 9 heteroatoms. The van der Waals surface area contributed by atoms with Gasteiger partial charge in [0.2, 0.25) is 10.0 Å². The zero-order chi connectivity index (χ0) is 18.2. The summed E-state index contributed by atoms with van der Waals surface area (Å²) in [6.45, 7) is 0. The molecule has 3 aromatic rings. The highest BCUT2D eigenvalue weighted by Crippen LogP contribution is 2.32. The highest BCUT2D eigenvalue weighted by Gasteiger charge is 2.35. The molecule has 1 aromatic heterocycles. The lowest BCUT2D eigenvalue weighted by Crippen LogP contribution is -2.11. The SMILES string of the molecule is NS(=O)(=O)c1ccc(-c2nc(C(F)(F)F)cn2-c2ccccc2)cc1. The number of alkyl halides is 3. The molecule has 0 spiro atoms. The summed E-state index contributed by atoms with van der Waals surface area (Å²) < 4.78 is 63.1. The molecule has 1 heterocycles. The van der Waals surface area contributed by atoms with Crippen LogP contribution in [0.5, 0.6) is 0 Å². The topological polar surface area (TPSA) is 78.0 Å². The van der Waals surface area contributed by atoms with Gasteiger partial charge in [-0.15, -0.1) is 0 Å². The number of primary sulfonamides is 1. The van der Waals surface area contributed by atoms with E-state index in [1.54, 1.807) is 30.3 Å². The predicted molar refractivity (Wildman–Crippen MR) is 85.4 cm³/mol. The molecule has 0 unspecified atom stereocenters. The Balaban J connectivity index is 2.16. The van der Waals surface area contributed by atoms with Crippen LogP contribution in [0.1, 0.15) is 5.69 Å². The molecule has 0 amide bonds. The van der Waals surface area contributed by atoms with E-state index in [4.69, 9.17) is 5.14 Å². The van der Waals surface area contributed by atoms with Crippen molar-refractivity contribution in [2.24, 2.45) is 5.14 Å². The highest BCUT2D eigenvalue weighted by molar-refractivity contribution is 7.89. The molecule has 0 saturated heterocycles. The minimum atomic E-state index is -4.60. The van der Waals surface area contributed by atoms with Crippen molar-refractivity contribution in [1.29, 1.82) is 0 Å². The van der Waals surface area contributed by atoms with Crippen LogP contribution >= 0.6 is 0 Å². The Bertz CT molecular complexity index is 995. The second-order valence-electron chi connectivity index (χ2n) is 5.22. The molecule has 2 N–H and O–H groups in total. The number of para-hydroxylation sites is 1. The number of sulfonamides is 1. The Kier molecular flexibility index (Phi) is 4.13. The fourth-order valence-corrected chi connectivity index (χ4v) is 2.82. The minimum absolute atomic E-state index is 0.0412. The van der Waals surface area contributed by atoms with Crippen molar-refractivity contribution in [2.75, 3.05) is 0 Å². The van der Waals surface area contributed by atoms with E-state index in [0.717, 1.165) is 6.20 Å². The number of imidazole rings is 1. The van der Waals surface area contributed by atoms with Crippen LogP contribution in [-0.4, -0.2) is 18.0 Å². The Hall–Kier alpha value is -2.65. The zero-order valence-electron chi connectivity index (χ0n) is 12.6. The van der Waals surface area contributed by atoms with E-state index in [1.807, 2.05) is 0 Å². The third kappa shape index (κ3) is 3.57. The van der Waals surface area contributed by atoms with Gasteiger partial charge in [-0.3, -0.25) is 4.57 Å². The molecule has 0 radical (unpaired) electrons. The third-order valence-corrected chi connectivity index (χ3v) is 4.40. The van der Waals surface area contributed by atoms with Gasteiger partial charge in [0, 0.05) is 17.4 Å². The van der Waals surface area contributed by atoms with Gasteiger partial charge >= 0.3 is 6.18 Å². The van der Waals surface area contributed by atoms with Gasteiger partial charge < -0.3 is 0 Å². The fraction of sp³-hybridized carbons (Fsp3) is 0.0625. The summed E-state index contributed by atoms with van der Waals surface area (Å²) in [5.41, 5.74) is -0.218. The van der Waals surface area contributed by atoms with Gasteiger partial charge in [-0.05, 0) is 36.4 Å². The van der Waals surface area contributed by atoms with Gasteiger partial charge in [0.15, 0.2) is 5.69 Å². The molecule has 0 aliphatic rings. The van der Waals surface area contributed by atoms with Crippen LogP contribution < -0.4 is 5.14 Å². The minimum Gasteiger partial charge on any atom is -0.299 e. The van der Waals surface area contributed by atoms with Crippen LogP contribution in [0.2, 0.25) is 0 Å². The average molecular weight is 367 g/mol. The summed E-state index contributed by atoms with van der Waals surface area (Å²) in [7, 11) is -3.89. The number of halogens is 3. The summed E-state index contributed by atoms with van der Waals surface area (Å²) in [5, 5.41) is 5.03. The molecule has 5 nitrogen and oxygen atoms in total. The lowest BCUT2D eigenvalue weighted by molar-refractivity contribution is -0.140. The van der Waals surface area contributed by atoms with Gasteiger partial charge in [0.05, 0.1) is 4.90 Å². The number of nitrogens with zero attached hydrogens (tertiary/aromatic N) is 2. The van der Waals surface area contributed by atoms with Gasteiger partial charge in [0.25, 0.3) is 0 Å². The predicted octanol–water partition coefficient (Wildman–Crippen LogP) is 3.21. The van der Waals surface area contributed by atoms with Crippen LogP contribution in [0.15, 0.2) is 65.7 Å². The van der Waals surface area contributed by atoms with Crippen LogP contribution in [-0.2, 0) is 16.2 Å². The molecule has 0 atom stereocenters. The monoisotopic (exact) mass is 367 g/mol. The summed E-state index contributed by atoms with van der Waals surface area (Å²) >= 11 is 0. The Labute approximate surface area is 141 Å². The average Bonchev–Trinajstić information content (AvgIpc) is 3.00. The first-order chi connectivity index (χ1) is 11.7. The van der Waals surface area contributed by atoms with E-state index in [2.05, 4.69) is 4.98 Å². The van der Waals surface area contributed by atoms with Crippen molar-refractivity contribution in [1.82, 2.24) is 9.55 Å². The smallest absolute Gasteiger partial charge is 0.299 e. The third-order valence-electron chi connectivity index (χ3n) is 3.47. The van der Waals surface area contributed by atoms with Gasteiger partial charge in [0.1, 0.15) is 5.82 Å². The van der Waals surface area contributed by atoms with E-state index in [9.17, 15) is 21.6 Å². The largest absolute Gasteiger partial charge is 0.434 e. The standard InChI is InChI=1S/C16H12F3N3O2S/c17-16(18,19)14-10-22(12-4-2-1-3-5-12)15(21-14)11-6-8-13(9-7-11)25(20,23)24/h1-10H,(H2,20,23,24). The summed E-state index contributed by atoms with van der Waals surface area (Å²) in [5.74, 6) is 0.0412. The first kappa shape index (κ1) is 17.2. The van der Waals surface area contributed by atoms with E-state index in [-0.39, 0.29) is 10.7 Å². The fourth-order valence-electron chi connectivity index (χ4n) is 2.30. The van der Waals surface area contributed by atoms with Gasteiger partial charge in [-0.1, -0.05) is 18.2 Å². The maximum Gasteiger partial charge on any atom is 0.434 e. The maximum absolute atomic E-state index is 13.1. The highest BCUT2D eigenvalue weighted by atomic mass is 32.2. The maximum atomic E-state index is 13.1. The number of hydrogen-bond donors (Lipinski definition) is 1. The second-order valence-corrected chi connectivity index (χ2v) is 6.78. The molecule has 0 aliphatic heterocycles. The molecular weight excluding hydrogens is 355 g/mol. The van der Waals surface area contributed by atoms with Gasteiger partial charge in [-0.25, -0.2) is 18.5 Å². The number of rotatable bonds is 3. The molecule has 0 saturated carbocycles. The zero-order valence-corrected chi connectivity index (χ0v) is 13.4. The van der Waals surface area contributed by atoms with Crippen molar-refractivity contribution in [3.05, 3.63) is 66.5 Å². The number of hydrogen-bond acceptors (Lipinski definition) is 3. The molecule has 130 valence electrons. The number of benzene rings is 2. The van der Waals surface area contributed by atoms with Crippen molar-refractivity contribution in [3.63, 3.8) is 0 Å². The quantitative estimate of drug-likeness (QED) is 0.772. The van der Waals surface area contributed by atoms with Crippen molar-refractivity contribution in [2.45, 2.75) is 11.1 Å². The lowest BCUT2D eigenvalue weighted by atomic mass is 10.2. The Morgan fingerprint density at radius 2 is 1.56 bits per heavy atom. The van der Waals surface area contributed by atoms with E-state index >= 15 is 0 Å².